The number of halogens is 1. The highest BCUT2D eigenvalue weighted by Gasteiger charge is 2.08. The van der Waals surface area contributed by atoms with Gasteiger partial charge in [0.25, 0.3) is 0 Å². The lowest BCUT2D eigenvalue weighted by Crippen LogP contribution is -2.37. The maximum absolute atomic E-state index is 11.7. The molecule has 0 saturated carbocycles. The average molecular weight is 329 g/mol. The molecule has 2 amide bonds. The van der Waals surface area contributed by atoms with Gasteiger partial charge in [-0.25, -0.2) is 4.79 Å². The predicted molar refractivity (Wildman–Crippen MR) is 75.9 cm³/mol. The lowest BCUT2D eigenvalue weighted by atomic mass is 10.2. The number of hydrogen-bond donors (Lipinski definition) is 2. The Labute approximate surface area is 120 Å². The fourth-order valence-corrected chi connectivity index (χ4v) is 1.98. The number of urea groups is 1. The number of carbonyl (C=O) groups is 2. The third-order valence-corrected chi connectivity index (χ3v) is 3.06. The van der Waals surface area contributed by atoms with Gasteiger partial charge in [0, 0.05) is 31.0 Å². The van der Waals surface area contributed by atoms with E-state index in [1.807, 2.05) is 24.3 Å². The fraction of sp³-hybridized carbons (Fsp3) is 0.385. The van der Waals surface area contributed by atoms with Gasteiger partial charge in [-0.15, -0.1) is 0 Å². The van der Waals surface area contributed by atoms with Crippen LogP contribution in [0.25, 0.3) is 0 Å². The first-order valence-corrected chi connectivity index (χ1v) is 6.73. The SMILES string of the molecule is CN(CCCC(=O)O)C(=O)NCc1cccc(Br)c1. The van der Waals surface area contributed by atoms with Crippen LogP contribution in [0.2, 0.25) is 0 Å². The minimum absolute atomic E-state index is 0.0727. The number of hydrogen-bond acceptors (Lipinski definition) is 2. The summed E-state index contributed by atoms with van der Waals surface area (Å²) in [5, 5.41) is 11.3. The van der Waals surface area contributed by atoms with Crippen LogP contribution in [0.1, 0.15) is 18.4 Å². The molecule has 1 aromatic carbocycles. The van der Waals surface area contributed by atoms with Gasteiger partial charge in [0.15, 0.2) is 0 Å². The standard InChI is InChI=1S/C13H17BrN2O3/c1-16(7-3-6-12(17)18)13(19)15-9-10-4-2-5-11(14)8-10/h2,4-5,8H,3,6-7,9H2,1H3,(H,15,19)(H,17,18). The second-order valence-corrected chi connectivity index (χ2v) is 5.12. The first-order chi connectivity index (χ1) is 8.99. The quantitative estimate of drug-likeness (QED) is 0.842. The molecule has 0 aliphatic carbocycles. The van der Waals surface area contributed by atoms with E-state index in [0.717, 1.165) is 10.0 Å². The number of nitrogens with one attached hydrogen (secondary N) is 1. The fourth-order valence-electron chi connectivity index (χ4n) is 1.53. The molecular formula is C13H17BrN2O3. The summed E-state index contributed by atoms with van der Waals surface area (Å²) in [4.78, 5) is 23.6. The smallest absolute Gasteiger partial charge is 0.317 e. The zero-order valence-electron chi connectivity index (χ0n) is 10.7. The molecule has 104 valence electrons. The lowest BCUT2D eigenvalue weighted by Gasteiger charge is -2.17. The highest BCUT2D eigenvalue weighted by Crippen LogP contribution is 2.11. The zero-order valence-corrected chi connectivity index (χ0v) is 12.3. The third kappa shape index (κ3) is 6.24. The Bertz CT molecular complexity index is 451. The molecule has 5 nitrogen and oxygen atoms in total. The second kappa shape index (κ2) is 7.78. The number of rotatable bonds is 6. The topological polar surface area (TPSA) is 69.6 Å². The van der Waals surface area contributed by atoms with Gasteiger partial charge in [-0.3, -0.25) is 4.79 Å². The van der Waals surface area contributed by atoms with E-state index >= 15 is 0 Å². The van der Waals surface area contributed by atoms with Crippen LogP contribution >= 0.6 is 15.9 Å². The Morgan fingerprint density at radius 3 is 2.79 bits per heavy atom. The monoisotopic (exact) mass is 328 g/mol. The highest BCUT2D eigenvalue weighted by atomic mass is 79.9. The lowest BCUT2D eigenvalue weighted by molar-refractivity contribution is -0.137. The molecule has 6 heteroatoms. The molecule has 0 atom stereocenters. The van der Waals surface area contributed by atoms with Crippen molar-refractivity contribution in [3.8, 4) is 0 Å². The summed E-state index contributed by atoms with van der Waals surface area (Å²) in [6, 6.07) is 7.48. The Morgan fingerprint density at radius 2 is 2.16 bits per heavy atom. The summed E-state index contributed by atoms with van der Waals surface area (Å²) in [7, 11) is 1.65. The number of carboxylic acids is 1. The van der Waals surface area contributed by atoms with Crippen LogP contribution in [0.4, 0.5) is 4.79 Å². The molecule has 0 aliphatic rings. The van der Waals surface area contributed by atoms with Crippen molar-refractivity contribution in [1.29, 1.82) is 0 Å². The highest BCUT2D eigenvalue weighted by molar-refractivity contribution is 9.10. The van der Waals surface area contributed by atoms with Crippen molar-refractivity contribution in [2.75, 3.05) is 13.6 Å². The van der Waals surface area contributed by atoms with E-state index in [-0.39, 0.29) is 12.5 Å². The molecule has 1 aromatic rings. The van der Waals surface area contributed by atoms with Gasteiger partial charge < -0.3 is 15.3 Å². The van der Waals surface area contributed by atoms with Crippen molar-refractivity contribution in [3.05, 3.63) is 34.3 Å². The van der Waals surface area contributed by atoms with Crippen molar-refractivity contribution in [3.63, 3.8) is 0 Å². The molecule has 0 spiro atoms. The molecule has 0 bridgehead atoms. The van der Waals surface area contributed by atoms with Crippen molar-refractivity contribution in [2.45, 2.75) is 19.4 Å². The van der Waals surface area contributed by atoms with E-state index in [9.17, 15) is 9.59 Å². The van der Waals surface area contributed by atoms with E-state index in [1.165, 1.54) is 4.90 Å². The maximum Gasteiger partial charge on any atom is 0.317 e. The summed E-state index contributed by atoms with van der Waals surface area (Å²) in [5.74, 6) is -0.844. The molecule has 1 rings (SSSR count). The molecule has 0 radical (unpaired) electrons. The van der Waals surface area contributed by atoms with Crippen LogP contribution in [-0.4, -0.2) is 35.6 Å². The van der Waals surface area contributed by atoms with Crippen LogP contribution in [0.5, 0.6) is 0 Å². The first-order valence-electron chi connectivity index (χ1n) is 5.94. The summed E-state index contributed by atoms with van der Waals surface area (Å²) in [6.07, 6.45) is 0.527. The maximum atomic E-state index is 11.7. The minimum atomic E-state index is -0.844. The molecule has 19 heavy (non-hydrogen) atoms. The molecule has 2 N–H and O–H groups in total. The van der Waals surface area contributed by atoms with Crippen molar-refractivity contribution in [1.82, 2.24) is 10.2 Å². The van der Waals surface area contributed by atoms with E-state index < -0.39 is 5.97 Å². The van der Waals surface area contributed by atoms with Gasteiger partial charge in [-0.05, 0) is 24.1 Å². The number of carbonyl (C=O) groups excluding carboxylic acids is 1. The third-order valence-electron chi connectivity index (χ3n) is 2.56. The van der Waals surface area contributed by atoms with Crippen molar-refractivity contribution >= 4 is 27.9 Å². The number of aliphatic carboxylic acids is 1. The van der Waals surface area contributed by atoms with Gasteiger partial charge in [0.2, 0.25) is 0 Å². The number of benzene rings is 1. The summed E-state index contributed by atoms with van der Waals surface area (Å²) in [5.41, 5.74) is 1.00. The van der Waals surface area contributed by atoms with Gasteiger partial charge in [0.05, 0.1) is 0 Å². The first kappa shape index (κ1) is 15.5. The molecule has 0 aliphatic heterocycles. The zero-order chi connectivity index (χ0) is 14.3. The van der Waals surface area contributed by atoms with Crippen LogP contribution in [-0.2, 0) is 11.3 Å². The van der Waals surface area contributed by atoms with E-state index in [1.54, 1.807) is 7.05 Å². The van der Waals surface area contributed by atoms with Crippen LogP contribution in [0, 0.1) is 0 Å². The van der Waals surface area contributed by atoms with Crippen LogP contribution in [0.3, 0.4) is 0 Å². The summed E-state index contributed by atoms with van der Waals surface area (Å²) < 4.78 is 0.967. The van der Waals surface area contributed by atoms with E-state index in [4.69, 9.17) is 5.11 Å². The molecule has 0 fully saturated rings. The molecule has 0 heterocycles. The minimum Gasteiger partial charge on any atom is -0.481 e. The van der Waals surface area contributed by atoms with E-state index in [2.05, 4.69) is 21.2 Å². The van der Waals surface area contributed by atoms with Crippen LogP contribution < -0.4 is 5.32 Å². The average Bonchev–Trinajstić information content (AvgIpc) is 2.35. The molecule has 0 unspecified atom stereocenters. The Kier molecular flexibility index (Phi) is 6.35. The number of carboxylic acid groups (broad SMARTS) is 1. The van der Waals surface area contributed by atoms with E-state index in [0.29, 0.717) is 19.5 Å². The van der Waals surface area contributed by atoms with Crippen molar-refractivity contribution < 1.29 is 14.7 Å². The Balaban J connectivity index is 2.32. The largest absolute Gasteiger partial charge is 0.481 e. The molecular weight excluding hydrogens is 312 g/mol. The summed E-state index contributed by atoms with van der Waals surface area (Å²) >= 11 is 3.37. The van der Waals surface area contributed by atoms with Gasteiger partial charge in [-0.2, -0.15) is 0 Å². The van der Waals surface area contributed by atoms with Gasteiger partial charge in [-0.1, -0.05) is 28.1 Å². The number of nitrogens with zero attached hydrogens (tertiary/aromatic N) is 1. The Morgan fingerprint density at radius 1 is 1.42 bits per heavy atom. The normalized spacial score (nSPS) is 10.0. The molecule has 0 aromatic heterocycles. The second-order valence-electron chi connectivity index (χ2n) is 4.21. The predicted octanol–water partition coefficient (Wildman–Crippen LogP) is 2.46. The van der Waals surface area contributed by atoms with Gasteiger partial charge in [0.1, 0.15) is 0 Å². The molecule has 0 saturated heterocycles. The van der Waals surface area contributed by atoms with Crippen LogP contribution in [0.15, 0.2) is 28.7 Å². The van der Waals surface area contributed by atoms with Crippen molar-refractivity contribution in [2.24, 2.45) is 0 Å². The Hall–Kier alpha value is -1.56. The van der Waals surface area contributed by atoms with Gasteiger partial charge >= 0.3 is 12.0 Å². The number of amides is 2. The summed E-state index contributed by atoms with van der Waals surface area (Å²) in [6.45, 7) is 0.873.